The van der Waals surface area contributed by atoms with Crippen LogP contribution >= 0.6 is 12.2 Å². The number of anilines is 2. The van der Waals surface area contributed by atoms with Crippen molar-refractivity contribution >= 4 is 28.6 Å². The van der Waals surface area contributed by atoms with Crippen LogP contribution in [0.15, 0.2) is 36.4 Å². The smallest absolute Gasteiger partial charge is 0.123 e. The Balaban J connectivity index is 1.86. The van der Waals surface area contributed by atoms with E-state index in [1.807, 2.05) is 24.3 Å². The zero-order chi connectivity index (χ0) is 14.3. The molecule has 0 amide bonds. The minimum atomic E-state index is 0.0894. The van der Waals surface area contributed by atoms with Crippen LogP contribution in [0.4, 0.5) is 11.4 Å². The summed E-state index contributed by atoms with van der Waals surface area (Å²) in [6.45, 7) is 4.25. The molecule has 4 heteroatoms. The molecule has 0 aromatic heterocycles. The molecular formula is C16H17N3S. The molecule has 1 heterocycles. The van der Waals surface area contributed by atoms with Crippen LogP contribution in [-0.4, -0.2) is 4.99 Å². The number of fused-ring (bicyclic) bond motifs is 1. The number of benzene rings is 2. The van der Waals surface area contributed by atoms with Crippen molar-refractivity contribution in [3.8, 4) is 0 Å². The van der Waals surface area contributed by atoms with E-state index in [4.69, 9.17) is 18.0 Å². The summed E-state index contributed by atoms with van der Waals surface area (Å²) in [6, 6.07) is 12.4. The van der Waals surface area contributed by atoms with E-state index in [0.29, 0.717) is 4.99 Å². The van der Waals surface area contributed by atoms with Crippen molar-refractivity contribution in [1.29, 1.82) is 0 Å². The predicted molar refractivity (Wildman–Crippen MR) is 88.2 cm³/mol. The van der Waals surface area contributed by atoms with Crippen LogP contribution in [-0.2, 0) is 0 Å². The zero-order valence-electron chi connectivity index (χ0n) is 11.5. The zero-order valence-corrected chi connectivity index (χ0v) is 12.3. The lowest BCUT2D eigenvalue weighted by Gasteiger charge is -2.13. The normalized spacial score (nSPS) is 13.5. The molecule has 3 nitrogen and oxygen atoms in total. The Kier molecular flexibility index (Phi) is 3.10. The summed E-state index contributed by atoms with van der Waals surface area (Å²) in [5.41, 5.74) is 12.6. The summed E-state index contributed by atoms with van der Waals surface area (Å²) in [6.07, 6.45) is 0.0894. The van der Waals surface area contributed by atoms with E-state index < -0.39 is 0 Å². The minimum absolute atomic E-state index is 0.0894. The van der Waals surface area contributed by atoms with Crippen LogP contribution in [0.3, 0.4) is 0 Å². The minimum Gasteiger partial charge on any atom is -0.389 e. The van der Waals surface area contributed by atoms with Crippen LogP contribution in [0.1, 0.15) is 28.4 Å². The van der Waals surface area contributed by atoms with Crippen molar-refractivity contribution in [2.75, 3.05) is 10.6 Å². The lowest BCUT2D eigenvalue weighted by molar-refractivity contribution is 0.941. The van der Waals surface area contributed by atoms with Gasteiger partial charge in [0.25, 0.3) is 0 Å². The van der Waals surface area contributed by atoms with Crippen molar-refractivity contribution in [2.24, 2.45) is 5.73 Å². The number of hydrogen-bond acceptors (Lipinski definition) is 3. The summed E-state index contributed by atoms with van der Waals surface area (Å²) in [5.74, 6) is 0. The number of thiocarbonyl (C=S) groups is 1. The second kappa shape index (κ2) is 4.80. The summed E-state index contributed by atoms with van der Waals surface area (Å²) in [7, 11) is 0. The van der Waals surface area contributed by atoms with E-state index in [9.17, 15) is 0 Å². The third-order valence-electron chi connectivity index (χ3n) is 3.76. The SMILES string of the molecule is Cc1cc2c(cc1C)NC(c1ccc(C(N)=S)cc1)N2. The maximum Gasteiger partial charge on any atom is 0.123 e. The molecule has 1 aliphatic heterocycles. The second-order valence-electron chi connectivity index (χ2n) is 5.19. The number of nitrogens with one attached hydrogen (secondary N) is 2. The Morgan fingerprint density at radius 2 is 1.50 bits per heavy atom. The van der Waals surface area contributed by atoms with Crippen molar-refractivity contribution in [2.45, 2.75) is 20.0 Å². The van der Waals surface area contributed by atoms with Gasteiger partial charge in [-0.05, 0) is 42.7 Å². The maximum absolute atomic E-state index is 5.62. The first-order chi connectivity index (χ1) is 9.54. The van der Waals surface area contributed by atoms with Gasteiger partial charge in [0.2, 0.25) is 0 Å². The first-order valence-corrected chi connectivity index (χ1v) is 6.99. The molecule has 1 aliphatic rings. The average Bonchev–Trinajstić information content (AvgIpc) is 2.82. The molecule has 0 bridgehead atoms. The Bertz CT molecular complexity index is 646. The molecule has 20 heavy (non-hydrogen) atoms. The van der Waals surface area contributed by atoms with Crippen molar-refractivity contribution in [1.82, 2.24) is 0 Å². The van der Waals surface area contributed by atoms with Crippen LogP contribution in [0.25, 0.3) is 0 Å². The molecule has 0 atom stereocenters. The lowest BCUT2D eigenvalue weighted by Crippen LogP contribution is -2.13. The van der Waals surface area contributed by atoms with E-state index in [0.717, 1.165) is 22.5 Å². The molecule has 0 saturated heterocycles. The Morgan fingerprint density at radius 3 is 1.95 bits per heavy atom. The fourth-order valence-electron chi connectivity index (χ4n) is 2.41. The highest BCUT2D eigenvalue weighted by atomic mass is 32.1. The number of hydrogen-bond donors (Lipinski definition) is 3. The van der Waals surface area contributed by atoms with Gasteiger partial charge in [-0.1, -0.05) is 36.5 Å². The van der Waals surface area contributed by atoms with Gasteiger partial charge in [0.15, 0.2) is 0 Å². The third kappa shape index (κ3) is 2.23. The Labute approximate surface area is 124 Å². The van der Waals surface area contributed by atoms with Gasteiger partial charge < -0.3 is 16.4 Å². The highest BCUT2D eigenvalue weighted by Crippen LogP contribution is 2.36. The fourth-order valence-corrected chi connectivity index (χ4v) is 2.54. The largest absolute Gasteiger partial charge is 0.389 e. The topological polar surface area (TPSA) is 50.1 Å². The van der Waals surface area contributed by atoms with Crippen LogP contribution in [0.2, 0.25) is 0 Å². The van der Waals surface area contributed by atoms with Crippen LogP contribution in [0.5, 0.6) is 0 Å². The monoisotopic (exact) mass is 283 g/mol. The lowest BCUT2D eigenvalue weighted by atomic mass is 10.1. The molecule has 2 aromatic carbocycles. The molecule has 3 rings (SSSR count). The molecule has 0 spiro atoms. The average molecular weight is 283 g/mol. The maximum atomic E-state index is 5.62. The first-order valence-electron chi connectivity index (χ1n) is 6.58. The van der Waals surface area contributed by atoms with E-state index >= 15 is 0 Å². The van der Waals surface area contributed by atoms with Gasteiger partial charge in [-0.3, -0.25) is 0 Å². The molecule has 0 aliphatic carbocycles. The van der Waals surface area contributed by atoms with E-state index in [1.165, 1.54) is 11.1 Å². The van der Waals surface area contributed by atoms with Gasteiger partial charge in [-0.15, -0.1) is 0 Å². The van der Waals surface area contributed by atoms with Gasteiger partial charge in [0.05, 0.1) is 11.4 Å². The molecule has 4 N–H and O–H groups in total. The summed E-state index contributed by atoms with van der Waals surface area (Å²) in [5, 5.41) is 6.98. The quantitative estimate of drug-likeness (QED) is 0.739. The van der Waals surface area contributed by atoms with Gasteiger partial charge in [0.1, 0.15) is 11.2 Å². The Morgan fingerprint density at radius 1 is 1.00 bits per heavy atom. The fraction of sp³-hybridized carbons (Fsp3) is 0.188. The molecule has 0 radical (unpaired) electrons. The van der Waals surface area contributed by atoms with Gasteiger partial charge in [0, 0.05) is 5.56 Å². The van der Waals surface area contributed by atoms with E-state index in [2.05, 4.69) is 36.6 Å². The van der Waals surface area contributed by atoms with Crippen LogP contribution in [0, 0.1) is 13.8 Å². The van der Waals surface area contributed by atoms with Crippen molar-refractivity contribution < 1.29 is 0 Å². The number of rotatable bonds is 2. The molecule has 2 aromatic rings. The van der Waals surface area contributed by atoms with E-state index in [1.54, 1.807) is 0 Å². The molecule has 0 fully saturated rings. The third-order valence-corrected chi connectivity index (χ3v) is 4.00. The number of nitrogens with two attached hydrogens (primary N) is 1. The van der Waals surface area contributed by atoms with E-state index in [-0.39, 0.29) is 6.17 Å². The van der Waals surface area contributed by atoms with Gasteiger partial charge in [-0.2, -0.15) is 0 Å². The standard InChI is InChI=1S/C16H17N3S/c1-9-7-13-14(8-10(9)2)19-16(18-13)12-5-3-11(4-6-12)15(17)20/h3-8,16,18-19H,1-2H3,(H2,17,20). The predicted octanol–water partition coefficient (Wildman–Crippen LogP) is 3.47. The van der Waals surface area contributed by atoms with Crippen molar-refractivity contribution in [3.05, 3.63) is 58.7 Å². The van der Waals surface area contributed by atoms with Gasteiger partial charge >= 0.3 is 0 Å². The summed E-state index contributed by atoms with van der Waals surface area (Å²) >= 11 is 4.97. The molecule has 102 valence electrons. The highest BCUT2D eigenvalue weighted by Gasteiger charge is 2.21. The van der Waals surface area contributed by atoms with Crippen molar-refractivity contribution in [3.63, 3.8) is 0 Å². The highest BCUT2D eigenvalue weighted by molar-refractivity contribution is 7.80. The van der Waals surface area contributed by atoms with Gasteiger partial charge in [-0.25, -0.2) is 0 Å². The molecule has 0 unspecified atom stereocenters. The summed E-state index contributed by atoms with van der Waals surface area (Å²) < 4.78 is 0. The second-order valence-corrected chi connectivity index (χ2v) is 5.63. The van der Waals surface area contributed by atoms with Crippen LogP contribution < -0.4 is 16.4 Å². The Hall–Kier alpha value is -2.07. The molecular weight excluding hydrogens is 266 g/mol. The summed E-state index contributed by atoms with van der Waals surface area (Å²) in [4.78, 5) is 0.429. The first kappa shape index (κ1) is 12.9. The molecule has 0 saturated carbocycles. The number of aryl methyl sites for hydroxylation is 2.